The maximum atomic E-state index is 14.7. The van der Waals surface area contributed by atoms with Crippen LogP contribution in [0.5, 0.6) is 0 Å². The van der Waals surface area contributed by atoms with E-state index in [1.807, 2.05) is 56.4 Å². The molecule has 46 heavy (non-hydrogen) atoms. The summed E-state index contributed by atoms with van der Waals surface area (Å²) in [6.45, 7) is 8.18. The highest BCUT2D eigenvalue weighted by Gasteiger charge is 2.66. The lowest BCUT2D eigenvalue weighted by atomic mass is 9.82. The van der Waals surface area contributed by atoms with Crippen LogP contribution in [0.2, 0.25) is 23.7 Å². The number of ether oxygens (including phenoxy) is 1. The second kappa shape index (κ2) is 13.2. The molecule has 11 nitrogen and oxygen atoms in total. The number of halogens is 1. The predicted molar refractivity (Wildman–Crippen MR) is 178 cm³/mol. The average Bonchev–Trinajstić information content (AvgIpc) is 3.67. The van der Waals surface area contributed by atoms with Gasteiger partial charge in [0.25, 0.3) is 5.91 Å². The van der Waals surface area contributed by atoms with Crippen LogP contribution in [0.15, 0.2) is 48.7 Å². The highest BCUT2D eigenvalue weighted by molar-refractivity contribution is 6.71. The fourth-order valence-corrected chi connectivity index (χ4v) is 10.4. The van der Waals surface area contributed by atoms with Gasteiger partial charge in [-0.15, -0.1) is 5.10 Å². The first-order valence-electron chi connectivity index (χ1n) is 16.1. The number of benzene rings is 2. The van der Waals surface area contributed by atoms with Gasteiger partial charge in [0.15, 0.2) is 13.9 Å². The summed E-state index contributed by atoms with van der Waals surface area (Å²) in [6, 6.07) is 13.1. The molecule has 1 spiro atoms. The summed E-state index contributed by atoms with van der Waals surface area (Å²) in [7, 11) is -2.84. The third-order valence-electron chi connectivity index (χ3n) is 9.75. The average molecular weight is 667 g/mol. The number of nitrogens with zero attached hydrogens (tertiary/aromatic N) is 4. The number of fused-ring (bicyclic) bond motifs is 2. The number of aromatic nitrogens is 3. The van der Waals surface area contributed by atoms with Gasteiger partial charge in [-0.1, -0.05) is 35.9 Å². The van der Waals surface area contributed by atoms with E-state index in [2.05, 4.69) is 20.9 Å². The minimum atomic E-state index is -2.84. The Hall–Kier alpha value is -3.13. The molecule has 0 saturated carbocycles. The molecule has 1 unspecified atom stereocenters. The smallest absolute Gasteiger partial charge is 0.264 e. The fourth-order valence-electron chi connectivity index (χ4n) is 7.66. The zero-order chi connectivity index (χ0) is 32.6. The Labute approximate surface area is 275 Å². The molecule has 1 aromatic heterocycles. The van der Waals surface area contributed by atoms with Crippen LogP contribution in [0.25, 0.3) is 0 Å². The van der Waals surface area contributed by atoms with Crippen molar-refractivity contribution in [3.63, 3.8) is 0 Å². The summed E-state index contributed by atoms with van der Waals surface area (Å²) in [5, 5.41) is 24.4. The monoisotopic (exact) mass is 666 g/mol. The first-order chi connectivity index (χ1) is 22.0. The third-order valence-corrected chi connectivity index (χ3v) is 12.5. The van der Waals surface area contributed by atoms with E-state index in [9.17, 15) is 19.5 Å². The van der Waals surface area contributed by atoms with Gasteiger partial charge in [0, 0.05) is 60.0 Å². The lowest BCUT2D eigenvalue weighted by Gasteiger charge is -2.32. The van der Waals surface area contributed by atoms with Crippen molar-refractivity contribution in [1.29, 1.82) is 0 Å². The highest BCUT2D eigenvalue weighted by Crippen LogP contribution is 2.60. The number of nitrogens with one attached hydrogen (secondary N) is 2. The van der Waals surface area contributed by atoms with Gasteiger partial charge < -0.3 is 30.2 Å². The Morgan fingerprint density at radius 3 is 2.83 bits per heavy atom. The molecule has 13 heteroatoms. The summed E-state index contributed by atoms with van der Waals surface area (Å²) in [5.41, 5.74) is 2.15. The molecule has 2 saturated heterocycles. The second-order valence-corrected chi connectivity index (χ2v) is 17.8. The zero-order valence-corrected chi connectivity index (χ0v) is 28.3. The number of piperidine rings is 1. The van der Waals surface area contributed by atoms with Crippen LogP contribution >= 0.6 is 11.6 Å². The number of amides is 2. The van der Waals surface area contributed by atoms with Crippen LogP contribution in [-0.4, -0.2) is 70.8 Å². The SMILES string of the molecule is C[C@H]1[C@H]([Si](C)(C)O)[C@@H](CCn2cc(CCO)nn2)O[C@]12C(=O)N(Cc1cccc(NC(=O)C3CCCNC3)c1)c1ccc(Cl)cc12. The second-order valence-electron chi connectivity index (χ2n) is 13.4. The zero-order valence-electron chi connectivity index (χ0n) is 26.6. The number of aryl methyl sites for hydroxylation is 1. The van der Waals surface area contributed by atoms with Crippen molar-refractivity contribution in [2.24, 2.45) is 11.8 Å². The number of hydrogen-bond acceptors (Lipinski definition) is 8. The molecule has 3 aliphatic rings. The highest BCUT2D eigenvalue weighted by atomic mass is 35.5. The van der Waals surface area contributed by atoms with Crippen molar-refractivity contribution < 1.29 is 24.2 Å². The van der Waals surface area contributed by atoms with Crippen molar-refractivity contribution in [2.45, 2.75) is 76.0 Å². The number of aliphatic hydroxyl groups is 1. The quantitative estimate of drug-likeness (QED) is 0.239. The number of aliphatic hydroxyl groups excluding tert-OH is 1. The predicted octanol–water partition coefficient (Wildman–Crippen LogP) is 3.84. The Bertz CT molecular complexity index is 1590. The van der Waals surface area contributed by atoms with E-state index in [4.69, 9.17) is 16.3 Å². The maximum Gasteiger partial charge on any atom is 0.264 e. The molecule has 4 heterocycles. The molecule has 3 aliphatic heterocycles. The Balaban J connectivity index is 1.27. The van der Waals surface area contributed by atoms with Crippen molar-refractivity contribution in [2.75, 3.05) is 29.9 Å². The summed E-state index contributed by atoms with van der Waals surface area (Å²) < 4.78 is 8.62. The Kier molecular flexibility index (Phi) is 9.39. The number of carbonyl (C=O) groups excluding carboxylic acids is 2. The first kappa shape index (κ1) is 32.8. The van der Waals surface area contributed by atoms with E-state index in [1.165, 1.54) is 0 Å². The van der Waals surface area contributed by atoms with Gasteiger partial charge in [0.2, 0.25) is 5.91 Å². The minimum Gasteiger partial charge on any atom is -0.432 e. The van der Waals surface area contributed by atoms with Crippen LogP contribution < -0.4 is 15.5 Å². The molecule has 246 valence electrons. The first-order valence-corrected chi connectivity index (χ1v) is 19.5. The molecule has 4 N–H and O–H groups in total. The van der Waals surface area contributed by atoms with E-state index in [1.54, 1.807) is 21.8 Å². The topological polar surface area (TPSA) is 142 Å². The molecule has 0 bridgehead atoms. The van der Waals surface area contributed by atoms with Crippen LogP contribution in [0.3, 0.4) is 0 Å². The minimum absolute atomic E-state index is 0.00268. The largest absolute Gasteiger partial charge is 0.432 e. The molecule has 3 aromatic rings. The maximum absolute atomic E-state index is 14.7. The van der Waals surface area contributed by atoms with Gasteiger partial charge in [0.1, 0.15) is 0 Å². The van der Waals surface area contributed by atoms with Gasteiger partial charge in [-0.05, 0) is 74.8 Å². The van der Waals surface area contributed by atoms with Crippen LogP contribution in [-0.2, 0) is 39.4 Å². The van der Waals surface area contributed by atoms with Gasteiger partial charge in [-0.25, -0.2) is 0 Å². The van der Waals surface area contributed by atoms with Crippen LogP contribution in [0.1, 0.15) is 43.0 Å². The molecular weight excluding hydrogens is 624 g/mol. The van der Waals surface area contributed by atoms with Crippen molar-refractivity contribution in [3.8, 4) is 0 Å². The van der Waals surface area contributed by atoms with Gasteiger partial charge in [-0.3, -0.25) is 14.3 Å². The third kappa shape index (κ3) is 6.26. The Morgan fingerprint density at radius 1 is 1.26 bits per heavy atom. The molecule has 0 aliphatic carbocycles. The molecule has 2 fully saturated rings. The molecule has 0 radical (unpaired) electrons. The number of rotatable bonds is 10. The van der Waals surface area contributed by atoms with Crippen molar-refractivity contribution >= 4 is 43.1 Å². The summed E-state index contributed by atoms with van der Waals surface area (Å²) in [5.74, 6) is -0.578. The number of anilines is 2. The normalized spacial score (nSPS) is 26.1. The number of hydrogen-bond donors (Lipinski definition) is 4. The Morgan fingerprint density at radius 2 is 2.09 bits per heavy atom. The van der Waals surface area contributed by atoms with Gasteiger partial charge in [-0.2, -0.15) is 0 Å². The lowest BCUT2D eigenvalue weighted by Crippen LogP contribution is -2.46. The molecule has 2 aromatic carbocycles. The van der Waals surface area contributed by atoms with Crippen molar-refractivity contribution in [1.82, 2.24) is 20.3 Å². The van der Waals surface area contributed by atoms with E-state index in [0.29, 0.717) is 47.9 Å². The van der Waals surface area contributed by atoms with Crippen molar-refractivity contribution in [3.05, 3.63) is 70.5 Å². The summed E-state index contributed by atoms with van der Waals surface area (Å²) in [6.07, 6.45) is 4.19. The van der Waals surface area contributed by atoms with Gasteiger partial charge in [0.05, 0.1) is 29.9 Å². The van der Waals surface area contributed by atoms with Gasteiger partial charge >= 0.3 is 0 Å². The van der Waals surface area contributed by atoms with Crippen LogP contribution in [0, 0.1) is 11.8 Å². The molecular formula is C33H43ClN6O5Si. The molecule has 2 amide bonds. The van der Waals surface area contributed by atoms with E-state index in [0.717, 1.165) is 30.6 Å². The van der Waals surface area contributed by atoms with E-state index in [-0.39, 0.29) is 42.3 Å². The molecule has 6 rings (SSSR count). The number of carbonyl (C=O) groups is 2. The van der Waals surface area contributed by atoms with Crippen LogP contribution in [0.4, 0.5) is 11.4 Å². The lowest BCUT2D eigenvalue weighted by molar-refractivity contribution is -0.146. The summed E-state index contributed by atoms with van der Waals surface area (Å²) >= 11 is 6.55. The van der Waals surface area contributed by atoms with E-state index < -0.39 is 20.0 Å². The van der Waals surface area contributed by atoms with E-state index >= 15 is 0 Å². The molecule has 5 atom stereocenters. The standard InChI is InChI=1S/C33H43ClN6O5Si/c1-21-30(46(2,3)44)29(11-14-39-20-26(12-15-41)37-38-39)45-33(21)27-17-24(34)9-10-28(27)40(32(33)43)19-22-6-4-8-25(16-22)36-31(42)23-7-5-13-35-18-23/h4,6,8-10,16-17,20-21,23,29-30,35,41,44H,5,7,11-15,18-19H2,1-3H3,(H,36,42)/t21-,23?,29+,30-,33+/m0/s1. The fraction of sp³-hybridized carbons (Fsp3) is 0.515. The summed E-state index contributed by atoms with van der Waals surface area (Å²) in [4.78, 5) is 40.9.